The summed E-state index contributed by atoms with van der Waals surface area (Å²) in [5, 5.41) is 0. The third kappa shape index (κ3) is 4.36. The molecule has 2 rings (SSSR count). The van der Waals surface area contributed by atoms with Crippen molar-refractivity contribution in [3.63, 3.8) is 0 Å². The smallest absolute Gasteiger partial charge is 0.210 e. The first kappa shape index (κ1) is 16.1. The van der Waals surface area contributed by atoms with E-state index in [1.165, 1.54) is 12.1 Å². The third-order valence-electron chi connectivity index (χ3n) is 3.02. The van der Waals surface area contributed by atoms with Crippen molar-refractivity contribution in [3.05, 3.63) is 65.5 Å². The molecular formula is C15H15BrFNO2S. The molecule has 0 amide bonds. The van der Waals surface area contributed by atoms with Crippen LogP contribution in [0.15, 0.2) is 53.4 Å². The molecule has 0 heterocycles. The standard InChI is InChI=1S/C15H15BrFNO2S/c1-11-2-8-14(9-3-11)21(19,20)18-10-15(16)12-4-6-13(17)7-5-12/h2-9,15,18H,10H2,1H3. The highest BCUT2D eigenvalue weighted by molar-refractivity contribution is 9.09. The Balaban J connectivity index is 2.04. The molecule has 0 bridgehead atoms. The van der Waals surface area contributed by atoms with Crippen LogP contribution in [0.1, 0.15) is 16.0 Å². The first-order valence-electron chi connectivity index (χ1n) is 6.34. The van der Waals surface area contributed by atoms with Crippen molar-refractivity contribution in [2.45, 2.75) is 16.6 Å². The number of hydrogen-bond donors (Lipinski definition) is 1. The summed E-state index contributed by atoms with van der Waals surface area (Å²) >= 11 is 3.40. The number of aryl methyl sites for hydroxylation is 1. The normalized spacial score (nSPS) is 13.1. The Kier molecular flexibility index (Phi) is 5.13. The van der Waals surface area contributed by atoms with Gasteiger partial charge in [-0.3, -0.25) is 0 Å². The molecule has 3 nitrogen and oxygen atoms in total. The monoisotopic (exact) mass is 371 g/mol. The molecule has 1 atom stereocenters. The SMILES string of the molecule is Cc1ccc(S(=O)(=O)NCC(Br)c2ccc(F)cc2)cc1. The van der Waals surface area contributed by atoms with Gasteiger partial charge in [0.25, 0.3) is 0 Å². The molecule has 2 aromatic carbocycles. The van der Waals surface area contributed by atoms with Crippen LogP contribution >= 0.6 is 15.9 Å². The van der Waals surface area contributed by atoms with Gasteiger partial charge in [0.05, 0.1) is 9.72 Å². The molecule has 0 spiro atoms. The van der Waals surface area contributed by atoms with E-state index in [9.17, 15) is 12.8 Å². The van der Waals surface area contributed by atoms with Gasteiger partial charge in [0.15, 0.2) is 0 Å². The predicted octanol–water partition coefficient (Wildman–Crippen LogP) is 3.55. The summed E-state index contributed by atoms with van der Waals surface area (Å²) in [6.07, 6.45) is 0. The quantitative estimate of drug-likeness (QED) is 0.816. The Morgan fingerprint density at radius 1 is 1.10 bits per heavy atom. The van der Waals surface area contributed by atoms with E-state index in [2.05, 4.69) is 20.7 Å². The largest absolute Gasteiger partial charge is 0.240 e. The number of nitrogens with one attached hydrogen (secondary N) is 1. The summed E-state index contributed by atoms with van der Waals surface area (Å²) in [7, 11) is -3.54. The van der Waals surface area contributed by atoms with Crippen LogP contribution < -0.4 is 4.72 Å². The van der Waals surface area contributed by atoms with E-state index in [0.29, 0.717) is 0 Å². The van der Waals surface area contributed by atoms with Crippen molar-refractivity contribution in [1.82, 2.24) is 4.72 Å². The molecular weight excluding hydrogens is 357 g/mol. The topological polar surface area (TPSA) is 46.2 Å². The number of benzene rings is 2. The summed E-state index contributed by atoms with van der Waals surface area (Å²) in [6, 6.07) is 12.6. The number of halogens is 2. The van der Waals surface area contributed by atoms with Crippen LogP contribution in [0.4, 0.5) is 4.39 Å². The van der Waals surface area contributed by atoms with Crippen LogP contribution in [0.3, 0.4) is 0 Å². The minimum absolute atomic E-state index is 0.182. The van der Waals surface area contributed by atoms with Gasteiger partial charge in [0.1, 0.15) is 5.82 Å². The van der Waals surface area contributed by atoms with Crippen molar-refractivity contribution in [1.29, 1.82) is 0 Å². The van der Waals surface area contributed by atoms with Gasteiger partial charge in [0.2, 0.25) is 10.0 Å². The molecule has 1 N–H and O–H groups in total. The van der Waals surface area contributed by atoms with Crippen molar-refractivity contribution in [2.24, 2.45) is 0 Å². The molecule has 0 saturated heterocycles. The lowest BCUT2D eigenvalue weighted by Gasteiger charge is -2.12. The van der Waals surface area contributed by atoms with E-state index >= 15 is 0 Å². The Morgan fingerprint density at radius 3 is 2.24 bits per heavy atom. The second-order valence-corrected chi connectivity index (χ2v) is 7.56. The van der Waals surface area contributed by atoms with E-state index < -0.39 is 10.0 Å². The van der Waals surface area contributed by atoms with Gasteiger partial charge < -0.3 is 0 Å². The maximum atomic E-state index is 12.9. The van der Waals surface area contributed by atoms with E-state index in [1.807, 2.05) is 6.92 Å². The van der Waals surface area contributed by atoms with Crippen molar-refractivity contribution < 1.29 is 12.8 Å². The summed E-state index contributed by atoms with van der Waals surface area (Å²) in [5.41, 5.74) is 1.81. The fourth-order valence-electron chi connectivity index (χ4n) is 1.77. The third-order valence-corrected chi connectivity index (χ3v) is 5.31. The Labute approximate surface area is 132 Å². The van der Waals surface area contributed by atoms with Gasteiger partial charge in [-0.2, -0.15) is 0 Å². The molecule has 21 heavy (non-hydrogen) atoms. The maximum absolute atomic E-state index is 12.9. The molecule has 0 aromatic heterocycles. The molecule has 1 unspecified atom stereocenters. The fraction of sp³-hybridized carbons (Fsp3) is 0.200. The first-order valence-corrected chi connectivity index (χ1v) is 8.74. The van der Waals surface area contributed by atoms with Gasteiger partial charge in [-0.25, -0.2) is 17.5 Å². The van der Waals surface area contributed by atoms with E-state index in [0.717, 1.165) is 11.1 Å². The molecule has 112 valence electrons. The second kappa shape index (κ2) is 6.68. The molecule has 0 saturated carbocycles. The second-order valence-electron chi connectivity index (χ2n) is 4.68. The number of sulfonamides is 1. The lowest BCUT2D eigenvalue weighted by molar-refractivity contribution is 0.581. The average Bonchev–Trinajstić information content (AvgIpc) is 2.46. The fourth-order valence-corrected chi connectivity index (χ4v) is 3.50. The number of alkyl halides is 1. The first-order chi connectivity index (χ1) is 9.88. The molecule has 0 aliphatic carbocycles. The highest BCUT2D eigenvalue weighted by atomic mass is 79.9. The molecule has 2 aromatic rings. The molecule has 0 aliphatic rings. The van der Waals surface area contributed by atoms with Gasteiger partial charge in [-0.05, 0) is 36.8 Å². The van der Waals surface area contributed by atoms with Crippen LogP contribution in [-0.4, -0.2) is 15.0 Å². The predicted molar refractivity (Wildman–Crippen MR) is 84.4 cm³/mol. The Bertz CT molecular complexity index is 699. The maximum Gasteiger partial charge on any atom is 0.240 e. The van der Waals surface area contributed by atoms with E-state index in [-0.39, 0.29) is 22.1 Å². The van der Waals surface area contributed by atoms with Crippen LogP contribution in [0.25, 0.3) is 0 Å². The zero-order valence-electron chi connectivity index (χ0n) is 11.4. The lowest BCUT2D eigenvalue weighted by atomic mass is 10.1. The summed E-state index contributed by atoms with van der Waals surface area (Å²) in [4.78, 5) is 0.00484. The van der Waals surface area contributed by atoms with Crippen LogP contribution in [0, 0.1) is 12.7 Å². The zero-order valence-corrected chi connectivity index (χ0v) is 13.8. The lowest BCUT2D eigenvalue weighted by Crippen LogP contribution is -2.27. The number of hydrogen-bond acceptors (Lipinski definition) is 2. The van der Waals surface area contributed by atoms with Crippen molar-refractivity contribution in [2.75, 3.05) is 6.54 Å². The molecule has 0 radical (unpaired) electrons. The highest BCUT2D eigenvalue weighted by Gasteiger charge is 2.16. The van der Waals surface area contributed by atoms with Crippen LogP contribution in [-0.2, 0) is 10.0 Å². The molecule has 0 aliphatic heterocycles. The van der Waals surface area contributed by atoms with Gasteiger partial charge in [-0.1, -0.05) is 45.8 Å². The zero-order chi connectivity index (χ0) is 15.5. The Hall–Kier alpha value is -1.24. The molecule has 6 heteroatoms. The highest BCUT2D eigenvalue weighted by Crippen LogP contribution is 2.22. The van der Waals surface area contributed by atoms with Crippen LogP contribution in [0.2, 0.25) is 0 Å². The summed E-state index contributed by atoms with van der Waals surface area (Å²) in [5.74, 6) is -0.321. The van der Waals surface area contributed by atoms with Crippen molar-refractivity contribution >= 4 is 26.0 Å². The minimum Gasteiger partial charge on any atom is -0.210 e. The van der Waals surface area contributed by atoms with E-state index in [4.69, 9.17) is 0 Å². The van der Waals surface area contributed by atoms with Crippen LogP contribution in [0.5, 0.6) is 0 Å². The molecule has 0 fully saturated rings. The number of rotatable bonds is 5. The van der Waals surface area contributed by atoms with Gasteiger partial charge >= 0.3 is 0 Å². The van der Waals surface area contributed by atoms with Gasteiger partial charge in [-0.15, -0.1) is 0 Å². The van der Waals surface area contributed by atoms with Crippen molar-refractivity contribution in [3.8, 4) is 0 Å². The average molecular weight is 372 g/mol. The summed E-state index contributed by atoms with van der Waals surface area (Å²) < 4.78 is 39.7. The van der Waals surface area contributed by atoms with Gasteiger partial charge in [0, 0.05) is 6.54 Å². The minimum atomic E-state index is -3.54. The Morgan fingerprint density at radius 2 is 1.67 bits per heavy atom. The summed E-state index contributed by atoms with van der Waals surface area (Å²) in [6.45, 7) is 2.08. The van der Waals surface area contributed by atoms with E-state index in [1.54, 1.807) is 36.4 Å².